The van der Waals surface area contributed by atoms with Gasteiger partial charge in [0.25, 0.3) is 0 Å². The number of nitrogens with two attached hydrogens (primary N) is 2. The number of carbonyl (C=O) groups excluding carboxylic acids is 1. The van der Waals surface area contributed by atoms with E-state index >= 15 is 0 Å². The van der Waals surface area contributed by atoms with Crippen LogP contribution in [0.1, 0.15) is 39.5 Å². The summed E-state index contributed by atoms with van der Waals surface area (Å²) in [6, 6.07) is -0.716. The molecule has 10 nitrogen and oxygen atoms in total. The fourth-order valence-electron chi connectivity index (χ4n) is 1.46. The number of carboxylic acids is 2. The summed E-state index contributed by atoms with van der Waals surface area (Å²) in [5, 5.41) is 37.3. The molecule has 0 aromatic heterocycles. The van der Waals surface area contributed by atoms with Crippen molar-refractivity contribution in [3.8, 4) is 0 Å². The van der Waals surface area contributed by atoms with Gasteiger partial charge in [-0.2, -0.15) is 0 Å². The summed E-state index contributed by atoms with van der Waals surface area (Å²) in [5.74, 6) is -2.63. The van der Waals surface area contributed by atoms with E-state index in [0.717, 1.165) is 12.8 Å². The Hall–Kier alpha value is -1.75. The molecule has 10 heteroatoms. The number of carboxylic acid groups (broad SMARTS) is 2. The number of carbonyl (C=O) groups is 3. The van der Waals surface area contributed by atoms with Crippen molar-refractivity contribution in [3.63, 3.8) is 0 Å². The summed E-state index contributed by atoms with van der Waals surface area (Å²) in [6.45, 7) is 3.31. The van der Waals surface area contributed by atoms with Crippen molar-refractivity contribution in [1.29, 1.82) is 0 Å². The van der Waals surface area contributed by atoms with Crippen LogP contribution in [-0.2, 0) is 14.4 Å². The molecule has 0 saturated carbocycles. The second-order valence-corrected chi connectivity index (χ2v) is 6.21. The quantitative estimate of drug-likeness (QED) is 0.213. The molecule has 0 bridgehead atoms. The molecule has 0 spiro atoms. The van der Waals surface area contributed by atoms with Gasteiger partial charge in [-0.25, -0.2) is 0 Å². The number of aliphatic carboxylic acids is 2. The highest BCUT2D eigenvalue weighted by molar-refractivity contribution is 5.81. The Balaban J connectivity index is 0. The van der Waals surface area contributed by atoms with Gasteiger partial charge in [0.1, 0.15) is 12.1 Å². The largest absolute Gasteiger partial charge is 0.481 e. The number of amides is 1. The van der Waals surface area contributed by atoms with Gasteiger partial charge in [-0.05, 0) is 19.4 Å². The van der Waals surface area contributed by atoms with Crippen LogP contribution in [0.3, 0.4) is 0 Å². The monoisotopic (exact) mass is 365 g/mol. The molecule has 25 heavy (non-hydrogen) atoms. The fraction of sp³-hybridized carbons (Fsp3) is 0.800. The number of unbranched alkanes of at least 4 members (excludes halogenated alkanes) is 1. The molecule has 2 unspecified atom stereocenters. The van der Waals surface area contributed by atoms with Gasteiger partial charge in [0, 0.05) is 12.0 Å². The first-order valence-corrected chi connectivity index (χ1v) is 7.96. The maximum absolute atomic E-state index is 11.3. The molecule has 0 aliphatic carbocycles. The molecule has 9 N–H and O–H groups in total. The molecule has 1 amide bonds. The first kappa shape index (κ1) is 25.5. The van der Waals surface area contributed by atoms with Gasteiger partial charge in [0.05, 0.1) is 13.0 Å². The minimum atomic E-state index is -1.35. The maximum Gasteiger partial charge on any atom is 0.320 e. The highest BCUT2D eigenvalue weighted by Gasteiger charge is 2.32. The SMILES string of the molecule is CC(C)(CO)C(O)C(=O)NCCC(=O)O.NCCCCC(N)C(=O)O. The van der Waals surface area contributed by atoms with Crippen molar-refractivity contribution in [3.05, 3.63) is 0 Å². The van der Waals surface area contributed by atoms with Crippen molar-refractivity contribution < 1.29 is 34.8 Å². The Morgan fingerprint density at radius 3 is 2.12 bits per heavy atom. The lowest BCUT2D eigenvalue weighted by Crippen LogP contribution is -2.45. The minimum absolute atomic E-state index is 0.0350. The lowest BCUT2D eigenvalue weighted by atomic mass is 9.87. The van der Waals surface area contributed by atoms with Crippen LogP contribution >= 0.6 is 0 Å². The molecular weight excluding hydrogens is 334 g/mol. The number of aliphatic hydroxyl groups excluding tert-OH is 2. The van der Waals surface area contributed by atoms with Crippen molar-refractivity contribution in [2.45, 2.75) is 51.7 Å². The summed E-state index contributed by atoms with van der Waals surface area (Å²) >= 11 is 0. The van der Waals surface area contributed by atoms with Crippen LogP contribution in [0.4, 0.5) is 0 Å². The lowest BCUT2D eigenvalue weighted by molar-refractivity contribution is -0.139. The number of nitrogens with one attached hydrogen (secondary N) is 1. The highest BCUT2D eigenvalue weighted by Crippen LogP contribution is 2.19. The number of aliphatic hydroxyl groups is 2. The second kappa shape index (κ2) is 13.5. The van der Waals surface area contributed by atoms with E-state index in [1.807, 2.05) is 0 Å². The summed E-state index contributed by atoms with van der Waals surface area (Å²) in [5.41, 5.74) is 9.48. The van der Waals surface area contributed by atoms with Crippen molar-refractivity contribution >= 4 is 17.8 Å². The van der Waals surface area contributed by atoms with Gasteiger partial charge in [0.15, 0.2) is 0 Å². The number of rotatable bonds is 11. The Morgan fingerprint density at radius 2 is 1.72 bits per heavy atom. The first-order valence-electron chi connectivity index (χ1n) is 7.96. The molecule has 0 aliphatic heterocycles. The molecule has 0 aliphatic rings. The maximum atomic E-state index is 11.3. The first-order chi connectivity index (χ1) is 11.5. The van der Waals surface area contributed by atoms with Crippen LogP contribution in [0, 0.1) is 5.41 Å². The Morgan fingerprint density at radius 1 is 1.16 bits per heavy atom. The molecule has 0 aromatic carbocycles. The van der Waals surface area contributed by atoms with Crippen LogP contribution in [0.15, 0.2) is 0 Å². The zero-order valence-corrected chi connectivity index (χ0v) is 14.8. The standard InChI is InChI=1S/C9H17NO5.C6H14N2O2/c1-9(2,5-11)7(14)8(15)10-4-3-6(12)13;7-4-2-1-3-5(8)6(9)10/h7,11,14H,3-5H2,1-2H3,(H,10,15)(H,12,13);5H,1-4,7-8H2,(H,9,10). The molecule has 0 fully saturated rings. The van der Waals surface area contributed by atoms with Gasteiger partial charge in [0.2, 0.25) is 5.91 Å². The van der Waals surface area contributed by atoms with Gasteiger partial charge < -0.3 is 37.2 Å². The summed E-state index contributed by atoms with van der Waals surface area (Å²) < 4.78 is 0. The topological polar surface area (TPSA) is 196 Å². The summed E-state index contributed by atoms with van der Waals surface area (Å²) in [7, 11) is 0. The molecule has 0 radical (unpaired) electrons. The minimum Gasteiger partial charge on any atom is -0.481 e. The molecule has 2 atom stereocenters. The smallest absolute Gasteiger partial charge is 0.320 e. The predicted molar refractivity (Wildman–Crippen MR) is 90.7 cm³/mol. The Labute approximate surface area is 147 Å². The summed E-state index contributed by atoms with van der Waals surface area (Å²) in [6.07, 6.45) is 0.617. The van der Waals surface area contributed by atoms with Crippen molar-refractivity contribution in [1.82, 2.24) is 5.32 Å². The molecule has 0 heterocycles. The van der Waals surface area contributed by atoms with E-state index in [4.69, 9.17) is 26.8 Å². The highest BCUT2D eigenvalue weighted by atomic mass is 16.4. The van der Waals surface area contributed by atoms with Gasteiger partial charge in [-0.15, -0.1) is 0 Å². The van der Waals surface area contributed by atoms with E-state index in [0.29, 0.717) is 13.0 Å². The van der Waals surface area contributed by atoms with Crippen molar-refractivity contribution in [2.24, 2.45) is 16.9 Å². The Kier molecular flexibility index (Phi) is 13.8. The number of hydrogen-bond donors (Lipinski definition) is 7. The van der Waals surface area contributed by atoms with Crippen molar-refractivity contribution in [2.75, 3.05) is 19.7 Å². The lowest BCUT2D eigenvalue weighted by Gasteiger charge is -2.26. The average Bonchev–Trinajstić information content (AvgIpc) is 2.54. The third kappa shape index (κ3) is 13.2. The van der Waals surface area contributed by atoms with E-state index in [2.05, 4.69) is 5.32 Å². The molecule has 0 rings (SSSR count). The third-order valence-electron chi connectivity index (χ3n) is 3.32. The van der Waals surface area contributed by atoms with Crippen LogP contribution in [0.2, 0.25) is 0 Å². The van der Waals surface area contributed by atoms with E-state index < -0.39 is 35.4 Å². The molecular formula is C15H31N3O7. The zero-order chi connectivity index (χ0) is 20.0. The fourth-order valence-corrected chi connectivity index (χ4v) is 1.46. The van der Waals surface area contributed by atoms with E-state index in [1.54, 1.807) is 0 Å². The van der Waals surface area contributed by atoms with Gasteiger partial charge >= 0.3 is 11.9 Å². The third-order valence-corrected chi connectivity index (χ3v) is 3.32. The second-order valence-electron chi connectivity index (χ2n) is 6.21. The summed E-state index contributed by atoms with van der Waals surface area (Å²) in [4.78, 5) is 31.6. The average molecular weight is 365 g/mol. The van der Waals surface area contributed by atoms with E-state index in [-0.39, 0.29) is 19.6 Å². The van der Waals surface area contributed by atoms with Crippen LogP contribution in [-0.4, -0.2) is 70.1 Å². The van der Waals surface area contributed by atoms with Crippen LogP contribution in [0.25, 0.3) is 0 Å². The van der Waals surface area contributed by atoms with Crippen LogP contribution in [0.5, 0.6) is 0 Å². The van der Waals surface area contributed by atoms with E-state index in [9.17, 15) is 19.5 Å². The molecule has 0 aromatic rings. The number of hydrogen-bond acceptors (Lipinski definition) is 7. The predicted octanol–water partition coefficient (Wildman–Crippen LogP) is -1.52. The van der Waals surface area contributed by atoms with E-state index in [1.165, 1.54) is 13.8 Å². The van der Waals surface area contributed by atoms with Gasteiger partial charge in [-0.3, -0.25) is 14.4 Å². The van der Waals surface area contributed by atoms with Gasteiger partial charge in [-0.1, -0.05) is 20.3 Å². The normalized spacial score (nSPS) is 13.2. The molecule has 148 valence electrons. The zero-order valence-electron chi connectivity index (χ0n) is 14.8. The molecule has 0 saturated heterocycles. The Bertz CT molecular complexity index is 416. The van der Waals surface area contributed by atoms with Crippen LogP contribution < -0.4 is 16.8 Å².